The van der Waals surface area contributed by atoms with Crippen LogP contribution in [0.4, 0.5) is 18.0 Å². The lowest BCUT2D eigenvalue weighted by Gasteiger charge is -2.21. The Morgan fingerprint density at radius 1 is 1.26 bits per heavy atom. The number of alkyl carbamates (subject to hydrolysis) is 1. The minimum Gasteiger partial charge on any atom is -0.444 e. The molecule has 1 unspecified atom stereocenters. The van der Waals surface area contributed by atoms with Crippen molar-refractivity contribution in [3.8, 4) is 0 Å². The van der Waals surface area contributed by atoms with Crippen molar-refractivity contribution in [2.24, 2.45) is 5.73 Å². The molecule has 2 amide bonds. The normalized spacial score (nSPS) is 13.8. The van der Waals surface area contributed by atoms with Gasteiger partial charge in [-0.1, -0.05) is 0 Å². The van der Waals surface area contributed by atoms with Gasteiger partial charge in [-0.05, 0) is 20.8 Å². The van der Waals surface area contributed by atoms with Crippen LogP contribution in [-0.2, 0) is 9.53 Å². The zero-order valence-corrected chi connectivity index (χ0v) is 10.9. The topological polar surface area (TPSA) is 93.4 Å². The Balaban J connectivity index is 4.23. The summed E-state index contributed by atoms with van der Waals surface area (Å²) in [5, 5.41) is 4.07. The minimum atomic E-state index is -4.47. The third-order valence-corrected chi connectivity index (χ3v) is 1.74. The molecule has 4 N–H and O–H groups in total. The van der Waals surface area contributed by atoms with Gasteiger partial charge < -0.3 is 15.8 Å². The predicted molar refractivity (Wildman–Crippen MR) is 61.3 cm³/mol. The molecular weight excluding hydrogens is 267 g/mol. The molecule has 0 aromatic heterocycles. The highest BCUT2D eigenvalue weighted by Crippen LogP contribution is 2.12. The minimum absolute atomic E-state index is 0.389. The molecule has 0 heterocycles. The summed E-state index contributed by atoms with van der Waals surface area (Å²) in [5.74, 6) is -1.000. The number of ether oxygens (including phenoxy) is 1. The molecule has 0 saturated heterocycles. The van der Waals surface area contributed by atoms with Crippen molar-refractivity contribution in [3.05, 3.63) is 0 Å². The van der Waals surface area contributed by atoms with Crippen molar-refractivity contribution in [1.82, 2.24) is 10.6 Å². The summed E-state index contributed by atoms with van der Waals surface area (Å²) in [6, 6.07) is -1.32. The number of nitrogens with two attached hydrogens (primary N) is 1. The number of primary amides is 1. The molecule has 6 nitrogen and oxygen atoms in total. The number of hydrogen-bond donors (Lipinski definition) is 3. The summed E-state index contributed by atoms with van der Waals surface area (Å²) in [7, 11) is 0. The van der Waals surface area contributed by atoms with Crippen LogP contribution in [-0.4, -0.2) is 42.9 Å². The van der Waals surface area contributed by atoms with Crippen LogP contribution in [0, 0.1) is 0 Å². The lowest BCUT2D eigenvalue weighted by Crippen LogP contribution is -2.51. The number of hydrogen-bond acceptors (Lipinski definition) is 4. The van der Waals surface area contributed by atoms with E-state index in [9.17, 15) is 22.8 Å². The van der Waals surface area contributed by atoms with E-state index in [-0.39, 0.29) is 6.54 Å². The van der Waals surface area contributed by atoms with Crippen LogP contribution >= 0.6 is 0 Å². The van der Waals surface area contributed by atoms with Gasteiger partial charge in [-0.15, -0.1) is 0 Å². The molecule has 0 aliphatic carbocycles. The largest absolute Gasteiger partial charge is 0.444 e. The first-order chi connectivity index (χ1) is 8.41. The van der Waals surface area contributed by atoms with Gasteiger partial charge in [-0.25, -0.2) is 4.79 Å². The highest BCUT2D eigenvalue weighted by Gasteiger charge is 2.29. The standard InChI is InChI=1S/C10H18F3N3O3/c1-9(2,3)19-8(18)15-4-6(7(14)17)16-5-10(11,12)13/h6,16H,4-5H2,1-3H3,(H2,14,17)(H,15,18). The summed E-state index contributed by atoms with van der Waals surface area (Å²) in [6.07, 6.45) is -5.31. The van der Waals surface area contributed by atoms with E-state index in [1.165, 1.54) is 0 Å². The molecule has 9 heteroatoms. The van der Waals surface area contributed by atoms with E-state index in [1.54, 1.807) is 20.8 Å². The molecule has 0 aromatic carbocycles. The number of carbonyl (C=O) groups excluding carboxylic acids is 2. The van der Waals surface area contributed by atoms with E-state index in [2.05, 4.69) is 5.32 Å². The first-order valence-electron chi connectivity index (χ1n) is 5.47. The van der Waals surface area contributed by atoms with Gasteiger partial charge in [0.1, 0.15) is 11.6 Å². The summed E-state index contributed by atoms with van der Waals surface area (Å²) < 4.78 is 40.8. The van der Waals surface area contributed by atoms with Crippen LogP contribution in [0.5, 0.6) is 0 Å². The van der Waals surface area contributed by atoms with Gasteiger partial charge in [0, 0.05) is 6.54 Å². The molecule has 0 aromatic rings. The van der Waals surface area contributed by atoms with Crippen LogP contribution in [0.25, 0.3) is 0 Å². The maximum atomic E-state index is 12.0. The summed E-state index contributed by atoms with van der Waals surface area (Å²) in [6.45, 7) is 3.11. The SMILES string of the molecule is CC(C)(C)OC(=O)NCC(NCC(F)(F)F)C(N)=O. The van der Waals surface area contributed by atoms with Crippen molar-refractivity contribution in [3.63, 3.8) is 0 Å². The Morgan fingerprint density at radius 2 is 1.79 bits per heavy atom. The van der Waals surface area contributed by atoms with Gasteiger partial charge in [0.2, 0.25) is 5.91 Å². The maximum Gasteiger partial charge on any atom is 0.407 e. The van der Waals surface area contributed by atoms with E-state index < -0.39 is 36.4 Å². The van der Waals surface area contributed by atoms with E-state index in [1.807, 2.05) is 5.32 Å². The van der Waals surface area contributed by atoms with E-state index >= 15 is 0 Å². The van der Waals surface area contributed by atoms with Gasteiger partial charge in [0.15, 0.2) is 0 Å². The number of rotatable bonds is 5. The van der Waals surface area contributed by atoms with E-state index in [4.69, 9.17) is 10.5 Å². The van der Waals surface area contributed by atoms with E-state index in [0.29, 0.717) is 0 Å². The fourth-order valence-corrected chi connectivity index (χ4v) is 1.01. The monoisotopic (exact) mass is 285 g/mol. The van der Waals surface area contributed by atoms with Crippen molar-refractivity contribution < 1.29 is 27.5 Å². The molecule has 1 atom stereocenters. The Kier molecular flexibility index (Phi) is 6.07. The third-order valence-electron chi connectivity index (χ3n) is 1.74. The Hall–Kier alpha value is -1.51. The van der Waals surface area contributed by atoms with Gasteiger partial charge in [-0.2, -0.15) is 13.2 Å². The van der Waals surface area contributed by atoms with Crippen molar-refractivity contribution in [1.29, 1.82) is 0 Å². The molecule has 0 spiro atoms. The molecule has 0 rings (SSSR count). The van der Waals surface area contributed by atoms with Crippen molar-refractivity contribution >= 4 is 12.0 Å². The second kappa shape index (κ2) is 6.60. The summed E-state index contributed by atoms with van der Waals surface area (Å²) >= 11 is 0. The van der Waals surface area contributed by atoms with Crippen LogP contribution in [0.2, 0.25) is 0 Å². The molecule has 0 bridgehead atoms. The van der Waals surface area contributed by atoms with Crippen molar-refractivity contribution in [2.45, 2.75) is 38.6 Å². The molecule has 0 aliphatic rings. The van der Waals surface area contributed by atoms with Crippen molar-refractivity contribution in [2.75, 3.05) is 13.1 Å². The fraction of sp³-hybridized carbons (Fsp3) is 0.800. The fourth-order valence-electron chi connectivity index (χ4n) is 1.01. The highest BCUT2D eigenvalue weighted by molar-refractivity contribution is 5.81. The van der Waals surface area contributed by atoms with Crippen LogP contribution in [0.15, 0.2) is 0 Å². The number of amides is 2. The smallest absolute Gasteiger partial charge is 0.407 e. The third kappa shape index (κ3) is 10.1. The molecule has 19 heavy (non-hydrogen) atoms. The lowest BCUT2D eigenvalue weighted by molar-refractivity contribution is -0.130. The number of halogens is 3. The highest BCUT2D eigenvalue weighted by atomic mass is 19.4. The number of nitrogens with one attached hydrogen (secondary N) is 2. The van der Waals surface area contributed by atoms with Gasteiger partial charge in [-0.3, -0.25) is 10.1 Å². The summed E-state index contributed by atoms with van der Waals surface area (Å²) in [4.78, 5) is 22.2. The Labute approximate surface area is 108 Å². The second-order valence-corrected chi connectivity index (χ2v) is 4.83. The van der Waals surface area contributed by atoms with Gasteiger partial charge in [0.05, 0.1) is 6.54 Å². The molecule has 0 radical (unpaired) electrons. The molecule has 0 aliphatic heterocycles. The zero-order valence-electron chi connectivity index (χ0n) is 10.9. The number of carbonyl (C=O) groups is 2. The quantitative estimate of drug-likeness (QED) is 0.686. The second-order valence-electron chi connectivity index (χ2n) is 4.83. The molecule has 112 valence electrons. The van der Waals surface area contributed by atoms with E-state index in [0.717, 1.165) is 0 Å². The summed E-state index contributed by atoms with van der Waals surface area (Å²) in [5.41, 5.74) is 4.17. The average molecular weight is 285 g/mol. The van der Waals surface area contributed by atoms with Gasteiger partial charge in [0.25, 0.3) is 0 Å². The van der Waals surface area contributed by atoms with Crippen LogP contribution in [0.3, 0.4) is 0 Å². The lowest BCUT2D eigenvalue weighted by atomic mass is 10.2. The van der Waals surface area contributed by atoms with Crippen LogP contribution < -0.4 is 16.4 Å². The number of alkyl halides is 3. The predicted octanol–water partition coefficient (Wildman–Crippen LogP) is 0.517. The maximum absolute atomic E-state index is 12.0. The first-order valence-corrected chi connectivity index (χ1v) is 5.47. The van der Waals surface area contributed by atoms with Crippen LogP contribution in [0.1, 0.15) is 20.8 Å². The molecule has 0 saturated carbocycles. The Morgan fingerprint density at radius 3 is 2.16 bits per heavy atom. The first kappa shape index (κ1) is 17.5. The Bertz CT molecular complexity index is 326. The zero-order chi connectivity index (χ0) is 15.3. The van der Waals surface area contributed by atoms with Gasteiger partial charge >= 0.3 is 12.3 Å². The average Bonchev–Trinajstić information content (AvgIpc) is 2.11. The molecular formula is C10H18F3N3O3. The molecule has 0 fully saturated rings.